The summed E-state index contributed by atoms with van der Waals surface area (Å²) in [4.78, 5) is -0.185. The third-order valence-corrected chi connectivity index (χ3v) is 6.73. The summed E-state index contributed by atoms with van der Waals surface area (Å²) in [5.74, 6) is 0. The monoisotopic (exact) mass is 493 g/mol. The molecule has 0 aliphatic carbocycles. The van der Waals surface area contributed by atoms with Crippen molar-refractivity contribution in [3.8, 4) is 0 Å². The first kappa shape index (κ1) is 25.1. The molecule has 0 heterocycles. The van der Waals surface area contributed by atoms with Crippen LogP contribution in [0.25, 0.3) is 0 Å². The molecule has 0 aliphatic rings. The number of hydrogen-bond acceptors (Lipinski definition) is 3. The van der Waals surface area contributed by atoms with Crippen molar-refractivity contribution in [3.63, 3.8) is 0 Å². The zero-order valence-corrected chi connectivity index (χ0v) is 20.5. The summed E-state index contributed by atoms with van der Waals surface area (Å²) in [5, 5.41) is 0. The lowest BCUT2D eigenvalue weighted by Gasteiger charge is -2.37. The van der Waals surface area contributed by atoms with Crippen LogP contribution < -0.4 is 4.48 Å². The van der Waals surface area contributed by atoms with Gasteiger partial charge in [-0.15, -0.1) is 0 Å². The molecule has 0 amide bonds. The molecule has 0 aromatic heterocycles. The van der Waals surface area contributed by atoms with E-state index >= 15 is 0 Å². The van der Waals surface area contributed by atoms with E-state index in [9.17, 15) is 13.0 Å². The second-order valence-electron chi connectivity index (χ2n) is 8.23. The molecular weight excluding hydrogens is 466 g/mol. The summed E-state index contributed by atoms with van der Waals surface area (Å²) < 4.78 is 31.5. The Morgan fingerprint density at radius 1 is 0.472 bits per heavy atom. The molecule has 4 nitrogen and oxygen atoms in total. The molecule has 0 unspecified atom stereocenters. The average molecular weight is 494 g/mol. The number of para-hydroxylation sites is 3. The van der Waals surface area contributed by atoms with Crippen LogP contribution >= 0.6 is 0 Å². The fourth-order valence-electron chi connectivity index (χ4n) is 4.21. The highest BCUT2D eigenvalue weighted by Crippen LogP contribution is 2.45. The highest BCUT2D eigenvalue weighted by molar-refractivity contribution is 7.85. The predicted molar refractivity (Wildman–Crippen MR) is 145 cm³/mol. The lowest BCUT2D eigenvalue weighted by molar-refractivity contribution is 0.463. The van der Waals surface area contributed by atoms with Gasteiger partial charge in [0, 0.05) is 5.56 Å². The highest BCUT2D eigenvalue weighted by Gasteiger charge is 2.36. The Morgan fingerprint density at radius 3 is 1.08 bits per heavy atom. The maximum Gasteiger partial charge on any atom is 0.143 e. The van der Waals surface area contributed by atoms with Crippen LogP contribution in [0.15, 0.2) is 157 Å². The maximum atomic E-state index is 10.3. The van der Waals surface area contributed by atoms with Gasteiger partial charge in [-0.25, -0.2) is 12.9 Å². The third-order valence-electron chi connectivity index (χ3n) is 5.89. The van der Waals surface area contributed by atoms with Gasteiger partial charge < -0.3 is 4.55 Å². The van der Waals surface area contributed by atoms with E-state index in [2.05, 4.69) is 121 Å². The summed E-state index contributed by atoms with van der Waals surface area (Å²) in [6, 6.07) is 50.3. The van der Waals surface area contributed by atoms with E-state index in [-0.39, 0.29) is 4.90 Å². The molecule has 5 aromatic rings. The van der Waals surface area contributed by atoms with Crippen LogP contribution in [-0.4, -0.2) is 13.0 Å². The first-order chi connectivity index (χ1) is 17.5. The Morgan fingerprint density at radius 2 is 0.778 bits per heavy atom. The van der Waals surface area contributed by atoms with E-state index in [1.165, 1.54) is 46.9 Å². The molecule has 0 atom stereocenters. The van der Waals surface area contributed by atoms with Gasteiger partial charge in [-0.05, 0) is 48.5 Å². The molecule has 36 heavy (non-hydrogen) atoms. The van der Waals surface area contributed by atoms with E-state index in [0.29, 0.717) is 4.48 Å². The topological polar surface area (TPSA) is 57.2 Å². The molecule has 5 heteroatoms. The second-order valence-corrected chi connectivity index (χ2v) is 9.61. The first-order valence-electron chi connectivity index (χ1n) is 11.6. The summed E-state index contributed by atoms with van der Waals surface area (Å²) in [5.41, 5.74) is 5.08. The summed E-state index contributed by atoms with van der Waals surface area (Å²) in [6.07, 6.45) is 0. The lowest BCUT2D eigenvalue weighted by atomic mass is 10.1. The Hall–Kier alpha value is -4.03. The van der Waals surface area contributed by atoms with Gasteiger partial charge in [-0.1, -0.05) is 103 Å². The van der Waals surface area contributed by atoms with Gasteiger partial charge in [0.25, 0.3) is 0 Å². The number of benzene rings is 5. The maximum absolute atomic E-state index is 10.3. The number of rotatable bonds is 6. The van der Waals surface area contributed by atoms with Crippen molar-refractivity contribution in [1.82, 2.24) is 4.48 Å². The van der Waals surface area contributed by atoms with Crippen LogP contribution in [0, 0.1) is 0 Å². The van der Waals surface area contributed by atoms with Crippen LogP contribution in [0.1, 0.15) is 5.56 Å². The van der Waals surface area contributed by atoms with Crippen molar-refractivity contribution in [1.29, 1.82) is 0 Å². The molecule has 0 bridgehead atoms. The van der Waals surface area contributed by atoms with Crippen molar-refractivity contribution in [3.05, 3.63) is 157 Å². The molecule has 0 aliphatic heterocycles. The molecule has 180 valence electrons. The lowest BCUT2D eigenvalue weighted by Crippen LogP contribution is -2.38. The third kappa shape index (κ3) is 5.96. The fourth-order valence-corrected chi connectivity index (χ4v) is 4.70. The molecule has 0 N–H and O–H groups in total. The van der Waals surface area contributed by atoms with Crippen molar-refractivity contribution < 1.29 is 13.0 Å². The Balaban J connectivity index is 0.000000256. The van der Waals surface area contributed by atoms with E-state index in [1.54, 1.807) is 6.07 Å². The Kier molecular flexibility index (Phi) is 8.08. The number of nitrogens with zero attached hydrogens (tertiary/aromatic N) is 1. The molecule has 0 fully saturated rings. The second kappa shape index (κ2) is 11.6. The van der Waals surface area contributed by atoms with E-state index in [4.69, 9.17) is 0 Å². The first-order valence-corrected chi connectivity index (χ1v) is 13.0. The number of quaternary nitrogens is 1. The smallest absolute Gasteiger partial charge is 0.143 e. The molecule has 0 radical (unpaired) electrons. The van der Waals surface area contributed by atoms with Gasteiger partial charge in [0.2, 0.25) is 0 Å². The van der Waals surface area contributed by atoms with Gasteiger partial charge in [0.1, 0.15) is 33.7 Å². The zero-order valence-electron chi connectivity index (χ0n) is 19.7. The molecule has 0 saturated heterocycles. The molecule has 5 aromatic carbocycles. The van der Waals surface area contributed by atoms with Gasteiger partial charge >= 0.3 is 0 Å². The average Bonchev–Trinajstić information content (AvgIpc) is 2.94. The van der Waals surface area contributed by atoms with Gasteiger partial charge in [-0.2, -0.15) is 0 Å². The quantitative estimate of drug-likeness (QED) is 0.182. The van der Waals surface area contributed by atoms with E-state index in [1.807, 2.05) is 0 Å². The van der Waals surface area contributed by atoms with Gasteiger partial charge in [0.15, 0.2) is 0 Å². The normalized spacial score (nSPS) is 11.2. The van der Waals surface area contributed by atoms with Gasteiger partial charge in [-0.3, -0.25) is 0 Å². The van der Waals surface area contributed by atoms with Crippen molar-refractivity contribution in [2.24, 2.45) is 0 Å². The van der Waals surface area contributed by atoms with E-state index in [0.717, 1.165) is 6.54 Å². The van der Waals surface area contributed by atoms with Crippen molar-refractivity contribution in [2.75, 3.05) is 0 Å². The molecule has 5 rings (SSSR count). The highest BCUT2D eigenvalue weighted by atomic mass is 32.2. The minimum atomic E-state index is -4.25. The fraction of sp³-hybridized carbons (Fsp3) is 0.0323. The van der Waals surface area contributed by atoms with Crippen molar-refractivity contribution in [2.45, 2.75) is 11.4 Å². The standard InChI is InChI=1S/C25H22N.C6H6O3S/c1-5-13-22(14-6-1)21-26(23-15-7-2-8-16-23,24-17-9-3-10-18-24)25-19-11-4-12-20-25;7-10(8,9)6-4-2-1-3-5-6/h1-20H,21H2;1-5H,(H,7,8,9)/q+1;/p-1. The largest absolute Gasteiger partial charge is 0.744 e. The molecule has 0 spiro atoms. The van der Waals surface area contributed by atoms with Gasteiger partial charge in [0.05, 0.1) is 4.90 Å². The van der Waals surface area contributed by atoms with Crippen LogP contribution in [0.5, 0.6) is 0 Å². The summed E-state index contributed by atoms with van der Waals surface area (Å²) in [7, 11) is -4.25. The van der Waals surface area contributed by atoms with E-state index < -0.39 is 10.1 Å². The number of hydrogen-bond donors (Lipinski definition) is 0. The SMILES string of the molecule is O=S(=O)([O-])c1ccccc1.c1ccc(C[N+](c2ccccc2)(c2ccccc2)c2ccccc2)cc1. The molecule has 0 saturated carbocycles. The predicted octanol–water partition coefficient (Wildman–Crippen LogP) is 7.45. The molecular formula is C31H27NO3S. The van der Waals surface area contributed by atoms with Crippen LogP contribution in [0.2, 0.25) is 0 Å². The van der Waals surface area contributed by atoms with Crippen LogP contribution in [-0.2, 0) is 16.7 Å². The summed E-state index contributed by atoms with van der Waals surface area (Å²) >= 11 is 0. The zero-order chi connectivity index (χ0) is 25.3. The minimum Gasteiger partial charge on any atom is -0.744 e. The minimum absolute atomic E-state index is 0.185. The Bertz CT molecular complexity index is 1350. The van der Waals surface area contributed by atoms with Crippen molar-refractivity contribution >= 4 is 27.2 Å². The van der Waals surface area contributed by atoms with Crippen LogP contribution in [0.4, 0.5) is 17.1 Å². The van der Waals surface area contributed by atoms with Crippen LogP contribution in [0.3, 0.4) is 0 Å². The summed E-state index contributed by atoms with van der Waals surface area (Å²) in [6.45, 7) is 0.860. The Labute approximate surface area is 213 Å².